The number of alkyl halides is 1. The fraction of sp³-hybridized carbons (Fsp3) is 0.455. The minimum absolute atomic E-state index is 0.680. The first-order valence-corrected chi connectivity index (χ1v) is 6.21. The monoisotopic (exact) mass is 276 g/mol. The van der Waals surface area contributed by atoms with E-state index in [1.165, 1.54) is 12.0 Å². The fourth-order valence-corrected chi connectivity index (χ4v) is 1.59. The molecule has 0 aromatic heterocycles. The van der Waals surface area contributed by atoms with E-state index in [-0.39, 0.29) is 0 Å². The molecule has 14 heavy (non-hydrogen) atoms. The van der Waals surface area contributed by atoms with Gasteiger partial charge in [0.2, 0.25) is 0 Å². The van der Waals surface area contributed by atoms with E-state index in [1.807, 2.05) is 24.3 Å². The SMILES string of the molecule is Clc1ccc(COCCCCBr)cc1. The summed E-state index contributed by atoms with van der Waals surface area (Å²) < 4.78 is 5.50. The van der Waals surface area contributed by atoms with Crippen LogP contribution in [0.3, 0.4) is 0 Å². The lowest BCUT2D eigenvalue weighted by Crippen LogP contribution is -1.95. The molecule has 0 saturated heterocycles. The van der Waals surface area contributed by atoms with Gasteiger partial charge in [-0.25, -0.2) is 0 Å². The standard InChI is InChI=1S/C11H14BrClO/c12-7-1-2-8-14-9-10-3-5-11(13)6-4-10/h3-6H,1-2,7-9H2. The first-order chi connectivity index (χ1) is 6.83. The molecule has 0 aliphatic rings. The van der Waals surface area contributed by atoms with E-state index in [4.69, 9.17) is 16.3 Å². The van der Waals surface area contributed by atoms with Crippen LogP contribution in [-0.2, 0) is 11.3 Å². The lowest BCUT2D eigenvalue weighted by atomic mass is 10.2. The molecule has 0 N–H and O–H groups in total. The van der Waals surface area contributed by atoms with E-state index in [1.54, 1.807) is 0 Å². The number of ether oxygens (including phenoxy) is 1. The molecule has 1 rings (SSSR count). The fourth-order valence-electron chi connectivity index (χ4n) is 1.07. The maximum absolute atomic E-state index is 5.77. The Hall–Kier alpha value is -0.0500. The van der Waals surface area contributed by atoms with E-state index in [2.05, 4.69) is 15.9 Å². The van der Waals surface area contributed by atoms with Gasteiger partial charge in [0.15, 0.2) is 0 Å². The summed E-state index contributed by atoms with van der Waals surface area (Å²) in [6.07, 6.45) is 2.28. The van der Waals surface area contributed by atoms with Crippen molar-refractivity contribution in [1.29, 1.82) is 0 Å². The topological polar surface area (TPSA) is 9.23 Å². The lowest BCUT2D eigenvalue weighted by Gasteiger charge is -2.03. The van der Waals surface area contributed by atoms with Gasteiger partial charge in [0.05, 0.1) is 6.61 Å². The zero-order valence-corrected chi connectivity index (χ0v) is 10.4. The number of halogens is 2. The van der Waals surface area contributed by atoms with Crippen molar-refractivity contribution in [3.63, 3.8) is 0 Å². The van der Waals surface area contributed by atoms with Gasteiger partial charge in [-0.3, -0.25) is 0 Å². The van der Waals surface area contributed by atoms with Crippen LogP contribution in [0.2, 0.25) is 5.02 Å². The van der Waals surface area contributed by atoms with E-state index < -0.39 is 0 Å². The van der Waals surface area contributed by atoms with Crippen LogP contribution < -0.4 is 0 Å². The first kappa shape index (κ1) is 12.0. The second kappa shape index (κ2) is 7.27. The Labute approximate surface area is 98.5 Å². The summed E-state index contributed by atoms with van der Waals surface area (Å²) in [5.74, 6) is 0. The molecule has 1 aromatic rings. The maximum Gasteiger partial charge on any atom is 0.0716 e. The minimum Gasteiger partial charge on any atom is -0.377 e. The van der Waals surface area contributed by atoms with E-state index in [9.17, 15) is 0 Å². The van der Waals surface area contributed by atoms with Crippen molar-refractivity contribution in [1.82, 2.24) is 0 Å². The molecule has 3 heteroatoms. The molecule has 0 heterocycles. The molecule has 0 radical (unpaired) electrons. The number of hydrogen-bond donors (Lipinski definition) is 0. The van der Waals surface area contributed by atoms with Crippen LogP contribution in [0.4, 0.5) is 0 Å². The predicted molar refractivity (Wildman–Crippen MR) is 64.1 cm³/mol. The van der Waals surface area contributed by atoms with Crippen molar-refractivity contribution in [2.75, 3.05) is 11.9 Å². The zero-order valence-electron chi connectivity index (χ0n) is 8.01. The molecule has 0 amide bonds. The van der Waals surface area contributed by atoms with Gasteiger partial charge in [0.25, 0.3) is 0 Å². The molecule has 0 spiro atoms. The van der Waals surface area contributed by atoms with Gasteiger partial charge in [0.1, 0.15) is 0 Å². The highest BCUT2D eigenvalue weighted by Gasteiger charge is 1.93. The largest absolute Gasteiger partial charge is 0.377 e. The van der Waals surface area contributed by atoms with Crippen molar-refractivity contribution < 1.29 is 4.74 Å². The molecular weight excluding hydrogens is 263 g/mol. The summed E-state index contributed by atoms with van der Waals surface area (Å²) in [7, 11) is 0. The normalized spacial score (nSPS) is 10.4. The third-order valence-corrected chi connectivity index (χ3v) is 2.67. The Morgan fingerprint density at radius 3 is 2.50 bits per heavy atom. The molecule has 0 saturated carbocycles. The van der Waals surface area contributed by atoms with E-state index in [0.29, 0.717) is 6.61 Å². The van der Waals surface area contributed by atoms with Crippen LogP contribution >= 0.6 is 27.5 Å². The number of unbranched alkanes of at least 4 members (excludes halogenated alkanes) is 1. The highest BCUT2D eigenvalue weighted by atomic mass is 79.9. The Kier molecular flexibility index (Phi) is 6.24. The Balaban J connectivity index is 2.15. The zero-order chi connectivity index (χ0) is 10.2. The first-order valence-electron chi connectivity index (χ1n) is 4.71. The van der Waals surface area contributed by atoms with Crippen molar-refractivity contribution in [3.8, 4) is 0 Å². The smallest absolute Gasteiger partial charge is 0.0716 e. The van der Waals surface area contributed by atoms with Crippen LogP contribution in [0.15, 0.2) is 24.3 Å². The highest BCUT2D eigenvalue weighted by Crippen LogP contribution is 2.10. The summed E-state index contributed by atoms with van der Waals surface area (Å²) in [6, 6.07) is 7.76. The van der Waals surface area contributed by atoms with Gasteiger partial charge in [0, 0.05) is 17.0 Å². The third-order valence-electron chi connectivity index (χ3n) is 1.85. The van der Waals surface area contributed by atoms with E-state index in [0.717, 1.165) is 23.4 Å². The number of rotatable bonds is 6. The molecule has 78 valence electrons. The molecule has 1 nitrogen and oxygen atoms in total. The Morgan fingerprint density at radius 1 is 1.14 bits per heavy atom. The summed E-state index contributed by atoms with van der Waals surface area (Å²) in [5.41, 5.74) is 1.17. The molecule has 0 aliphatic heterocycles. The average Bonchev–Trinajstić information content (AvgIpc) is 2.21. The summed E-state index contributed by atoms with van der Waals surface area (Å²) in [5, 5.41) is 1.82. The summed E-state index contributed by atoms with van der Waals surface area (Å²) in [4.78, 5) is 0. The third kappa shape index (κ3) is 4.99. The van der Waals surface area contributed by atoms with Crippen LogP contribution in [0.25, 0.3) is 0 Å². The van der Waals surface area contributed by atoms with Crippen LogP contribution in [0, 0.1) is 0 Å². The van der Waals surface area contributed by atoms with Crippen molar-refractivity contribution in [2.24, 2.45) is 0 Å². The molecular formula is C11H14BrClO. The predicted octanol–water partition coefficient (Wildman–Crippen LogP) is 4.03. The molecule has 0 fully saturated rings. The molecule has 0 atom stereocenters. The molecule has 0 bridgehead atoms. The Morgan fingerprint density at radius 2 is 1.86 bits per heavy atom. The van der Waals surface area contributed by atoms with Gasteiger partial charge >= 0.3 is 0 Å². The van der Waals surface area contributed by atoms with Gasteiger partial charge in [-0.2, -0.15) is 0 Å². The summed E-state index contributed by atoms with van der Waals surface area (Å²) >= 11 is 9.15. The van der Waals surface area contributed by atoms with Gasteiger partial charge in [-0.05, 0) is 30.5 Å². The minimum atomic E-state index is 0.680. The van der Waals surface area contributed by atoms with Crippen molar-refractivity contribution in [2.45, 2.75) is 19.4 Å². The molecule has 1 aromatic carbocycles. The average molecular weight is 278 g/mol. The van der Waals surface area contributed by atoms with Gasteiger partial charge < -0.3 is 4.74 Å². The number of benzene rings is 1. The molecule has 0 unspecified atom stereocenters. The maximum atomic E-state index is 5.77. The van der Waals surface area contributed by atoms with Crippen LogP contribution in [0.1, 0.15) is 18.4 Å². The Bertz CT molecular complexity index is 248. The second-order valence-electron chi connectivity index (χ2n) is 3.08. The quantitative estimate of drug-likeness (QED) is 0.563. The van der Waals surface area contributed by atoms with Gasteiger partial charge in [-0.15, -0.1) is 0 Å². The van der Waals surface area contributed by atoms with Crippen molar-refractivity contribution >= 4 is 27.5 Å². The molecule has 0 aliphatic carbocycles. The lowest BCUT2D eigenvalue weighted by molar-refractivity contribution is 0.118. The second-order valence-corrected chi connectivity index (χ2v) is 4.30. The number of hydrogen-bond acceptors (Lipinski definition) is 1. The summed E-state index contributed by atoms with van der Waals surface area (Å²) in [6.45, 7) is 1.51. The highest BCUT2D eigenvalue weighted by molar-refractivity contribution is 9.09. The van der Waals surface area contributed by atoms with E-state index >= 15 is 0 Å². The van der Waals surface area contributed by atoms with Gasteiger partial charge in [-0.1, -0.05) is 39.7 Å². The van der Waals surface area contributed by atoms with Crippen LogP contribution in [0.5, 0.6) is 0 Å². The van der Waals surface area contributed by atoms with Crippen LogP contribution in [-0.4, -0.2) is 11.9 Å². The van der Waals surface area contributed by atoms with Crippen molar-refractivity contribution in [3.05, 3.63) is 34.9 Å².